The van der Waals surface area contributed by atoms with Crippen LogP contribution in [0.3, 0.4) is 0 Å². The number of nitrogen functional groups attached to an aromatic ring is 1. The predicted octanol–water partition coefficient (Wildman–Crippen LogP) is 9.91. The zero-order valence-electron chi connectivity index (χ0n) is 45.7. The number of carbonyl (C=O) groups is 5. The van der Waals surface area contributed by atoms with Gasteiger partial charge in [0.05, 0.1) is 41.8 Å². The van der Waals surface area contributed by atoms with Gasteiger partial charge in [0.1, 0.15) is 42.6 Å². The van der Waals surface area contributed by atoms with Crippen LogP contribution >= 0.6 is 19.3 Å². The van der Waals surface area contributed by atoms with Crippen LogP contribution in [0.4, 0.5) is 5.82 Å². The molecule has 20 heteroatoms. The molecule has 1 aliphatic carbocycles. The third-order valence-electron chi connectivity index (χ3n) is 14.1. The fourth-order valence-corrected chi connectivity index (χ4v) is 13.9. The average molecular weight is 1130 g/mol. The van der Waals surface area contributed by atoms with Gasteiger partial charge in [-0.15, -0.1) is 11.8 Å². The van der Waals surface area contributed by atoms with Gasteiger partial charge in [-0.25, -0.2) is 29.6 Å². The Hall–Kier alpha value is -7.96. The summed E-state index contributed by atoms with van der Waals surface area (Å²) in [5, 5.41) is 2.25. The minimum atomic E-state index is -3.64. The molecule has 2 fully saturated rings. The number of para-hydroxylation sites is 1. The number of β-lactam (4-membered cyclic amide) rings is 1. The lowest BCUT2D eigenvalue weighted by Gasteiger charge is -2.54. The van der Waals surface area contributed by atoms with E-state index in [0.717, 1.165) is 16.7 Å². The minimum Gasteiger partial charge on any atom is -0.462 e. The molecule has 0 radical (unpaired) electrons. The maximum Gasteiger partial charge on any atom is 0.342 e. The van der Waals surface area contributed by atoms with Crippen LogP contribution in [0.25, 0.3) is 11.2 Å². The number of allylic oxidation sites excluding steroid dienone is 1. The molecule has 420 valence electrons. The Morgan fingerprint density at radius 1 is 0.790 bits per heavy atom. The lowest BCUT2D eigenvalue weighted by Crippen LogP contribution is -2.71. The molecule has 2 aliphatic heterocycles. The summed E-state index contributed by atoms with van der Waals surface area (Å²) < 4.78 is 43.5. The highest BCUT2D eigenvalue weighted by Crippen LogP contribution is 2.66. The molecule has 5 aromatic carbocycles. The number of esters is 3. The van der Waals surface area contributed by atoms with Gasteiger partial charge < -0.3 is 38.7 Å². The number of amides is 1. The molecule has 2 aromatic heterocycles. The van der Waals surface area contributed by atoms with Crippen LogP contribution in [0.1, 0.15) is 81.1 Å². The second-order valence-electron chi connectivity index (χ2n) is 20.8. The first-order valence-corrected chi connectivity index (χ1v) is 29.2. The number of imidazole rings is 1. The van der Waals surface area contributed by atoms with E-state index in [9.17, 15) is 28.5 Å². The molecule has 4 heterocycles. The van der Waals surface area contributed by atoms with E-state index >= 15 is 0 Å². The van der Waals surface area contributed by atoms with Crippen LogP contribution in [0.15, 0.2) is 176 Å². The Morgan fingerprint density at radius 3 is 2.00 bits per heavy atom. The van der Waals surface area contributed by atoms with Crippen molar-refractivity contribution in [3.8, 4) is 5.75 Å². The highest BCUT2D eigenvalue weighted by molar-refractivity contribution is 8.01. The third kappa shape index (κ3) is 12.7. The van der Waals surface area contributed by atoms with E-state index in [2.05, 4.69) is 20.0 Å². The predicted molar refractivity (Wildman–Crippen MR) is 306 cm³/mol. The molecule has 1 amide bonds. The SMILES string of the molecule is CC(C)OC(=O)[C@H](C)N[P@](=O)(CO[C@H](C)Cn1cnc2c(N)ncnc21)Oc1ccccc1.CC1(C)S[C@H]2N(C(=O)[C@@]23CC=C(C(=O)OCc2ccccc2)[C@@H]3C(=O)c2ccccc2)[C@H]1C(=O)OC(c1ccccc1)c1ccccc1. The number of thioether (sulfide) groups is 1. The van der Waals surface area contributed by atoms with E-state index in [1.54, 1.807) is 91.2 Å². The molecule has 0 unspecified atom stereocenters. The van der Waals surface area contributed by atoms with Crippen molar-refractivity contribution in [1.82, 2.24) is 29.5 Å². The van der Waals surface area contributed by atoms with Gasteiger partial charge in [-0.3, -0.25) is 18.9 Å². The quantitative estimate of drug-likeness (QED) is 0.0237. The number of carbonyl (C=O) groups excluding carboxylic acids is 5. The van der Waals surface area contributed by atoms with Gasteiger partial charge >= 0.3 is 25.4 Å². The fraction of sp³-hybridized carbons (Fsp3) is 0.311. The molecule has 1 spiro atoms. The smallest absolute Gasteiger partial charge is 0.342 e. The summed E-state index contributed by atoms with van der Waals surface area (Å²) in [4.78, 5) is 82.9. The number of nitrogens with zero attached hydrogens (tertiary/aromatic N) is 5. The van der Waals surface area contributed by atoms with Gasteiger partial charge in [-0.1, -0.05) is 146 Å². The zero-order valence-corrected chi connectivity index (χ0v) is 47.4. The van der Waals surface area contributed by atoms with Crippen LogP contribution in [-0.2, 0) is 55.8 Å². The average Bonchev–Trinajstić information content (AvgIpc) is 2.01. The van der Waals surface area contributed by atoms with Crippen LogP contribution in [0, 0.1) is 11.3 Å². The van der Waals surface area contributed by atoms with Crippen molar-refractivity contribution in [1.29, 1.82) is 0 Å². The first kappa shape index (κ1) is 57.7. The lowest BCUT2D eigenvalue weighted by molar-refractivity contribution is -0.179. The number of rotatable bonds is 20. The number of anilines is 1. The number of hydrogen-bond donors (Lipinski definition) is 2. The molecule has 7 atom stereocenters. The second-order valence-corrected chi connectivity index (χ2v) is 24.6. The van der Waals surface area contributed by atoms with Crippen molar-refractivity contribution < 1.29 is 52.0 Å². The van der Waals surface area contributed by atoms with E-state index in [1.807, 2.05) is 124 Å². The van der Waals surface area contributed by atoms with Crippen LogP contribution in [-0.4, -0.2) is 94.8 Å². The van der Waals surface area contributed by atoms with E-state index in [-0.39, 0.29) is 48.8 Å². The number of nitrogens with one attached hydrogen (secondary N) is 1. The summed E-state index contributed by atoms with van der Waals surface area (Å²) in [6, 6.07) is 44.0. The summed E-state index contributed by atoms with van der Waals surface area (Å²) in [6.07, 6.45) is 3.22. The number of ether oxygens (including phenoxy) is 4. The summed E-state index contributed by atoms with van der Waals surface area (Å²) in [5.41, 5.74) is 8.71. The molecule has 10 rings (SSSR count). The molecule has 3 aliphatic rings. The van der Waals surface area contributed by atoms with E-state index in [0.29, 0.717) is 34.8 Å². The number of ketones is 1. The summed E-state index contributed by atoms with van der Waals surface area (Å²) in [6.45, 7) is 11.1. The lowest BCUT2D eigenvalue weighted by atomic mass is 9.64. The highest BCUT2D eigenvalue weighted by Gasteiger charge is 2.76. The van der Waals surface area contributed by atoms with Gasteiger partial charge in [0.15, 0.2) is 23.4 Å². The number of benzene rings is 5. The molecule has 18 nitrogen and oxygen atoms in total. The minimum absolute atomic E-state index is 0.0411. The standard InChI is InChI=1S/C40H35NO6S.C21H29N6O5P/c1-39(2)34(36(44)47-33(28-19-11-5-12-20-28)29-21-13-6-14-22-29)41-37(45)40(38(41)48-39)24-23-30(31(40)32(42)27-17-9-4-10-18-27)35(43)46-25-26-15-7-3-8-16-26;1-14(2)31-21(28)16(4)26-33(29,32-17-8-6-5-7-9-17)13-30-15(3)10-27-12-25-18-19(22)23-11-24-20(18)27/h3-23,31,33-34,38H,24-25H2,1-2H3;5-9,11-12,14-16H,10,13H2,1-4H3,(H,26,29)(H2,22,23,24)/t31-,34+,38-,40+;15-,16+,33+/m11/s1. The van der Waals surface area contributed by atoms with Crippen molar-refractivity contribution in [2.24, 2.45) is 11.3 Å². The van der Waals surface area contributed by atoms with Gasteiger partial charge in [0.25, 0.3) is 0 Å². The molecular weight excluding hydrogens is 1070 g/mol. The Kier molecular flexibility index (Phi) is 17.7. The van der Waals surface area contributed by atoms with Crippen LogP contribution < -0.4 is 15.3 Å². The van der Waals surface area contributed by atoms with Crippen molar-refractivity contribution in [2.45, 2.75) is 102 Å². The van der Waals surface area contributed by atoms with Crippen molar-refractivity contribution in [3.63, 3.8) is 0 Å². The number of Topliss-reactive ketones (excluding diaryl/α,β-unsaturated/α-hetero) is 1. The number of aromatic nitrogens is 4. The fourth-order valence-electron chi connectivity index (χ4n) is 10.3. The summed E-state index contributed by atoms with van der Waals surface area (Å²) in [5.74, 6) is -2.70. The van der Waals surface area contributed by atoms with Gasteiger partial charge in [0.2, 0.25) is 5.91 Å². The van der Waals surface area contributed by atoms with Crippen LogP contribution in [0.2, 0.25) is 0 Å². The number of nitrogens with two attached hydrogens (primary N) is 1. The topological polar surface area (TPSA) is 233 Å². The van der Waals surface area contributed by atoms with Gasteiger partial charge in [0, 0.05) is 15.9 Å². The zero-order chi connectivity index (χ0) is 57.5. The monoisotopic (exact) mass is 1130 g/mol. The molecule has 3 N–H and O–H groups in total. The van der Waals surface area contributed by atoms with E-state index in [4.69, 9.17) is 29.2 Å². The summed E-state index contributed by atoms with van der Waals surface area (Å²) >= 11 is 1.48. The van der Waals surface area contributed by atoms with Crippen molar-refractivity contribution >= 4 is 65.9 Å². The maximum atomic E-state index is 14.6. The molecule has 7 aromatic rings. The largest absolute Gasteiger partial charge is 0.462 e. The maximum absolute atomic E-state index is 14.6. The van der Waals surface area contributed by atoms with Crippen molar-refractivity contribution in [2.75, 3.05) is 12.1 Å². The molecule has 0 saturated carbocycles. The first-order valence-electron chi connectivity index (χ1n) is 26.6. The van der Waals surface area contributed by atoms with Gasteiger partial charge in [-0.2, -0.15) is 0 Å². The Balaban J connectivity index is 0.000000211. The number of hydrogen-bond acceptors (Lipinski definition) is 16. The molecular formula is C61H64N7O11PS. The molecule has 81 heavy (non-hydrogen) atoms. The Labute approximate surface area is 474 Å². The van der Waals surface area contributed by atoms with E-state index < -0.39 is 65.1 Å². The normalized spacial score (nSPS) is 20.2. The van der Waals surface area contributed by atoms with Gasteiger partial charge in [-0.05, 0) is 76.8 Å². The van der Waals surface area contributed by atoms with Crippen LogP contribution in [0.5, 0.6) is 5.75 Å². The second kappa shape index (κ2) is 24.8. The molecule has 2 saturated heterocycles. The summed E-state index contributed by atoms with van der Waals surface area (Å²) in [7, 11) is -3.64. The third-order valence-corrected chi connectivity index (χ3v) is 17.6. The highest BCUT2D eigenvalue weighted by atomic mass is 32.2. The Morgan fingerprint density at radius 2 is 1.38 bits per heavy atom. The molecule has 0 bridgehead atoms. The van der Waals surface area contributed by atoms with Crippen molar-refractivity contribution in [3.05, 3.63) is 198 Å². The van der Waals surface area contributed by atoms with E-state index in [1.165, 1.54) is 18.1 Å². The first-order chi connectivity index (χ1) is 38.9. The number of fused-ring (bicyclic) bond motifs is 3. The Bertz CT molecular complexity index is 3410.